The molecular weight excluding hydrogens is 627 g/mol. The second kappa shape index (κ2) is 13.2. The van der Waals surface area contributed by atoms with Crippen molar-refractivity contribution < 1.29 is 0 Å². The van der Waals surface area contributed by atoms with Crippen LogP contribution in [0.1, 0.15) is 136 Å². The van der Waals surface area contributed by atoms with Crippen molar-refractivity contribution in [1.82, 2.24) is 4.90 Å². The molecule has 1 nitrogen and oxygen atoms in total. The number of rotatable bonds is 5. The van der Waals surface area contributed by atoms with Crippen molar-refractivity contribution in [1.29, 1.82) is 0 Å². The molecule has 12 unspecified atom stereocenters. The Balaban J connectivity index is 1.05. The van der Waals surface area contributed by atoms with E-state index in [1.165, 1.54) is 116 Å². The number of allylic oxidation sites excluding steroid dienone is 14. The van der Waals surface area contributed by atoms with Crippen molar-refractivity contribution in [3.05, 3.63) is 95.8 Å². The van der Waals surface area contributed by atoms with Crippen LogP contribution in [-0.4, -0.2) is 17.0 Å². The van der Waals surface area contributed by atoms with Gasteiger partial charge in [-0.15, -0.1) is 0 Å². The van der Waals surface area contributed by atoms with Crippen LogP contribution in [0.25, 0.3) is 0 Å². The van der Waals surface area contributed by atoms with Crippen molar-refractivity contribution in [3.63, 3.8) is 0 Å². The SMILES string of the molecule is CC1(C)C2C=CCCC2C2CCC(N(C3=CCCC=C3)C3CCCC4C5C6CC=CC=C6C(C6=CCCCC6)(C6CC=CCC6)C5C=C[C@@]43C)CC21. The third-order valence-corrected chi connectivity index (χ3v) is 18.2. The molecule has 0 aliphatic heterocycles. The number of fused-ring (bicyclic) bond motifs is 8. The van der Waals surface area contributed by atoms with E-state index in [1.54, 1.807) is 5.70 Å². The quantitative estimate of drug-likeness (QED) is 0.259. The largest absolute Gasteiger partial charge is 0.365 e. The lowest BCUT2D eigenvalue weighted by Gasteiger charge is -2.59. The summed E-state index contributed by atoms with van der Waals surface area (Å²) in [5, 5.41) is 0. The summed E-state index contributed by atoms with van der Waals surface area (Å²) in [6, 6.07) is 1.27. The van der Waals surface area contributed by atoms with E-state index >= 15 is 0 Å². The zero-order valence-electron chi connectivity index (χ0n) is 33.0. The van der Waals surface area contributed by atoms with Gasteiger partial charge in [-0.3, -0.25) is 0 Å². The third kappa shape index (κ3) is 4.97. The first-order valence-corrected chi connectivity index (χ1v) is 22.7. The van der Waals surface area contributed by atoms with Gasteiger partial charge >= 0.3 is 0 Å². The maximum absolute atomic E-state index is 3.14. The molecule has 13 atom stereocenters. The molecule has 10 rings (SSSR count). The van der Waals surface area contributed by atoms with E-state index in [9.17, 15) is 0 Å². The summed E-state index contributed by atoms with van der Waals surface area (Å²) in [4.78, 5) is 3.14. The van der Waals surface area contributed by atoms with Crippen molar-refractivity contribution in [2.75, 3.05) is 0 Å². The molecule has 10 aliphatic carbocycles. The average Bonchev–Trinajstić information content (AvgIpc) is 3.62. The highest BCUT2D eigenvalue weighted by Gasteiger charge is 2.66. The first-order valence-electron chi connectivity index (χ1n) is 22.7. The summed E-state index contributed by atoms with van der Waals surface area (Å²) in [5.41, 5.74) is 6.19. The zero-order chi connectivity index (χ0) is 35.1. The van der Waals surface area contributed by atoms with Crippen LogP contribution in [0, 0.1) is 69.5 Å². The molecule has 0 N–H and O–H groups in total. The molecule has 0 amide bonds. The summed E-state index contributed by atoms with van der Waals surface area (Å²) in [6.07, 6.45) is 58.5. The number of hydrogen-bond donors (Lipinski definition) is 0. The average molecular weight is 696 g/mol. The van der Waals surface area contributed by atoms with Crippen LogP contribution in [0.2, 0.25) is 0 Å². The Morgan fingerprint density at radius 3 is 2.44 bits per heavy atom. The first-order chi connectivity index (χ1) is 25.4. The molecule has 0 heterocycles. The predicted molar refractivity (Wildman–Crippen MR) is 218 cm³/mol. The number of nitrogens with zero attached hydrogens (tertiary/aromatic N) is 1. The molecule has 52 heavy (non-hydrogen) atoms. The van der Waals surface area contributed by atoms with Gasteiger partial charge in [-0.2, -0.15) is 0 Å². The van der Waals surface area contributed by atoms with E-state index < -0.39 is 0 Å². The summed E-state index contributed by atoms with van der Waals surface area (Å²) in [5.74, 6) is 7.15. The van der Waals surface area contributed by atoms with Crippen LogP contribution in [-0.2, 0) is 0 Å². The Bertz CT molecular complexity index is 1640. The summed E-state index contributed by atoms with van der Waals surface area (Å²) < 4.78 is 0. The van der Waals surface area contributed by atoms with E-state index in [1.807, 2.05) is 11.1 Å². The van der Waals surface area contributed by atoms with E-state index in [0.717, 1.165) is 41.4 Å². The van der Waals surface area contributed by atoms with Crippen molar-refractivity contribution in [2.24, 2.45) is 69.5 Å². The van der Waals surface area contributed by atoms with Gasteiger partial charge < -0.3 is 4.90 Å². The van der Waals surface area contributed by atoms with Crippen molar-refractivity contribution in [2.45, 2.75) is 148 Å². The van der Waals surface area contributed by atoms with Gasteiger partial charge in [-0.25, -0.2) is 0 Å². The molecule has 0 aromatic carbocycles. The fourth-order valence-electron chi connectivity index (χ4n) is 16.2. The smallest absolute Gasteiger partial charge is 0.0383 e. The van der Waals surface area contributed by atoms with Gasteiger partial charge in [0.05, 0.1) is 0 Å². The van der Waals surface area contributed by atoms with Crippen LogP contribution >= 0.6 is 0 Å². The predicted octanol–water partition coefficient (Wildman–Crippen LogP) is 13.3. The lowest BCUT2D eigenvalue weighted by molar-refractivity contribution is -0.0455. The van der Waals surface area contributed by atoms with Gasteiger partial charge in [-0.1, -0.05) is 111 Å². The molecular formula is C51H69N. The highest BCUT2D eigenvalue weighted by Crippen LogP contribution is 2.72. The van der Waals surface area contributed by atoms with Gasteiger partial charge in [-0.05, 0) is 174 Å². The fraction of sp³-hybridized carbons (Fsp3) is 0.686. The van der Waals surface area contributed by atoms with Crippen molar-refractivity contribution >= 4 is 0 Å². The second-order valence-corrected chi connectivity index (χ2v) is 20.4. The molecule has 1 heteroatoms. The molecule has 0 bridgehead atoms. The van der Waals surface area contributed by atoms with Crippen LogP contribution in [0.4, 0.5) is 0 Å². The molecule has 10 aliphatic rings. The van der Waals surface area contributed by atoms with Crippen LogP contribution < -0.4 is 0 Å². The topological polar surface area (TPSA) is 3.24 Å². The van der Waals surface area contributed by atoms with Crippen molar-refractivity contribution in [3.8, 4) is 0 Å². The maximum atomic E-state index is 3.14. The van der Waals surface area contributed by atoms with Crippen LogP contribution in [0.3, 0.4) is 0 Å². The molecule has 0 radical (unpaired) electrons. The Kier molecular flexibility index (Phi) is 8.68. The number of hydrogen-bond acceptors (Lipinski definition) is 1. The molecule has 0 spiro atoms. The molecule has 278 valence electrons. The third-order valence-electron chi connectivity index (χ3n) is 18.2. The summed E-state index contributed by atoms with van der Waals surface area (Å²) in [6.45, 7) is 8.11. The van der Waals surface area contributed by atoms with E-state index in [0.29, 0.717) is 29.3 Å². The molecule has 4 fully saturated rings. The molecule has 4 saturated carbocycles. The van der Waals surface area contributed by atoms with E-state index in [2.05, 4.69) is 105 Å². The Morgan fingerprint density at radius 1 is 0.692 bits per heavy atom. The lowest BCUT2D eigenvalue weighted by Crippen LogP contribution is -2.59. The molecule has 0 aromatic rings. The van der Waals surface area contributed by atoms with Gasteiger partial charge in [0, 0.05) is 28.6 Å². The summed E-state index contributed by atoms with van der Waals surface area (Å²) in [7, 11) is 0. The summed E-state index contributed by atoms with van der Waals surface area (Å²) >= 11 is 0. The minimum absolute atomic E-state index is 0.208. The van der Waals surface area contributed by atoms with Crippen LogP contribution in [0.15, 0.2) is 95.8 Å². The standard InChI is InChI=1S/C51H69N/c1-49(2)42-26-15-13-24-39(42)40-31-30-38(34-46(40)49)52(37-22-11-6-12-23-37)47-29-17-28-44-48-41-25-14-16-27-43(41)51(35-18-7-4-8-19-35,36-20-9-5-10-21-36)45(48)32-33-50(44,47)3/h4,7,11,14-16,20,22-23,26-27,32-33,35,38-42,44-48H,5-6,8-10,12-13,17-19,21,24-25,28-31,34H2,1-3H3/t35?,38?,39?,40?,41?,42?,44?,45?,46?,47?,48?,50-,51?/m0/s1. The monoisotopic (exact) mass is 696 g/mol. The Morgan fingerprint density at radius 2 is 1.62 bits per heavy atom. The van der Waals surface area contributed by atoms with Gasteiger partial charge in [0.15, 0.2) is 0 Å². The lowest BCUT2D eigenvalue weighted by atomic mass is 9.50. The maximum Gasteiger partial charge on any atom is 0.0383 e. The van der Waals surface area contributed by atoms with Gasteiger partial charge in [0.25, 0.3) is 0 Å². The molecule has 0 aromatic heterocycles. The highest BCUT2D eigenvalue weighted by molar-refractivity contribution is 5.47. The zero-order valence-corrected chi connectivity index (χ0v) is 33.0. The Hall–Kier alpha value is -2.28. The minimum atomic E-state index is 0.208. The van der Waals surface area contributed by atoms with Gasteiger partial charge in [0.1, 0.15) is 0 Å². The fourth-order valence-corrected chi connectivity index (χ4v) is 16.2. The van der Waals surface area contributed by atoms with Gasteiger partial charge in [0.2, 0.25) is 0 Å². The first kappa shape index (κ1) is 34.2. The minimum Gasteiger partial charge on any atom is -0.365 e. The normalized spacial score (nSPS) is 47.0. The van der Waals surface area contributed by atoms with Crippen LogP contribution in [0.5, 0.6) is 0 Å². The second-order valence-electron chi connectivity index (χ2n) is 20.4. The highest BCUT2D eigenvalue weighted by atomic mass is 15.2. The molecule has 0 saturated heterocycles. The van der Waals surface area contributed by atoms with E-state index in [4.69, 9.17) is 0 Å². The van der Waals surface area contributed by atoms with E-state index in [-0.39, 0.29) is 10.8 Å². The Labute approximate surface area is 317 Å².